The van der Waals surface area contributed by atoms with E-state index in [1.807, 2.05) is 38.1 Å². The summed E-state index contributed by atoms with van der Waals surface area (Å²) in [6.07, 6.45) is 3.48. The van der Waals surface area contributed by atoms with Crippen molar-refractivity contribution in [3.05, 3.63) is 29.8 Å². The first kappa shape index (κ1) is 19.7. The Hall–Kier alpha value is -2.02. The van der Waals surface area contributed by atoms with Crippen LogP contribution in [0.3, 0.4) is 0 Å². The normalized spacial score (nSPS) is 23.8. The molecule has 1 aromatic carbocycles. The third-order valence-electron chi connectivity index (χ3n) is 5.66. The zero-order valence-corrected chi connectivity index (χ0v) is 17.3. The van der Waals surface area contributed by atoms with Crippen LogP contribution in [0.5, 0.6) is 0 Å². The van der Waals surface area contributed by atoms with Crippen molar-refractivity contribution in [1.29, 1.82) is 0 Å². The van der Waals surface area contributed by atoms with Crippen molar-refractivity contribution in [2.24, 2.45) is 11.8 Å². The molecule has 27 heavy (non-hydrogen) atoms. The van der Waals surface area contributed by atoms with Crippen molar-refractivity contribution < 1.29 is 4.79 Å². The Morgan fingerprint density at radius 1 is 1.26 bits per heavy atom. The summed E-state index contributed by atoms with van der Waals surface area (Å²) in [4.78, 5) is 12.7. The lowest BCUT2D eigenvalue weighted by Crippen LogP contribution is -2.46. The monoisotopic (exact) mass is 387 g/mol. The van der Waals surface area contributed by atoms with Crippen LogP contribution in [-0.4, -0.2) is 32.1 Å². The Kier molecular flexibility index (Phi) is 6.09. The van der Waals surface area contributed by atoms with Crippen molar-refractivity contribution in [3.8, 4) is 11.4 Å². The lowest BCUT2D eigenvalue weighted by molar-refractivity contribution is -0.121. The molecule has 0 saturated heterocycles. The summed E-state index contributed by atoms with van der Waals surface area (Å²) < 4.78 is 1.46. The topological polar surface area (TPSA) is 85.8 Å². The van der Waals surface area contributed by atoms with Crippen LogP contribution in [0.4, 0.5) is 0 Å². The Bertz CT molecular complexity index is 788. The summed E-state index contributed by atoms with van der Waals surface area (Å²) in [6, 6.07) is 8.22. The molecule has 6 nitrogen and oxygen atoms in total. The standard InChI is InChI=1S/C20H29N5OS/c1-12-8-10-16(11-9-12)18-23-24-20(25(18)21)27-15(4)19(26)22-17-7-5-6-13(2)14(17)3/h8-11,13-15,17H,5-7,21H2,1-4H3,(H,22,26). The second kappa shape index (κ2) is 8.33. The zero-order valence-electron chi connectivity index (χ0n) is 16.5. The molecule has 0 radical (unpaired) electrons. The molecule has 3 rings (SSSR count). The number of aryl methyl sites for hydroxylation is 1. The van der Waals surface area contributed by atoms with Gasteiger partial charge in [0.05, 0.1) is 5.25 Å². The van der Waals surface area contributed by atoms with E-state index in [0.29, 0.717) is 22.8 Å². The van der Waals surface area contributed by atoms with Crippen LogP contribution in [-0.2, 0) is 4.79 Å². The van der Waals surface area contributed by atoms with Crippen LogP contribution >= 0.6 is 11.8 Å². The van der Waals surface area contributed by atoms with E-state index in [0.717, 1.165) is 12.0 Å². The average Bonchev–Trinajstić information content (AvgIpc) is 3.00. The summed E-state index contributed by atoms with van der Waals surface area (Å²) in [5, 5.41) is 11.9. The van der Waals surface area contributed by atoms with Gasteiger partial charge in [-0.15, -0.1) is 10.2 Å². The molecule has 7 heteroatoms. The second-order valence-electron chi connectivity index (χ2n) is 7.68. The van der Waals surface area contributed by atoms with Crippen LogP contribution in [0.1, 0.15) is 45.6 Å². The molecule has 1 aliphatic rings. The maximum Gasteiger partial charge on any atom is 0.233 e. The number of aromatic nitrogens is 3. The molecule has 1 amide bonds. The highest BCUT2D eigenvalue weighted by molar-refractivity contribution is 8.00. The summed E-state index contributed by atoms with van der Waals surface area (Å²) in [7, 11) is 0. The van der Waals surface area contributed by atoms with Crippen molar-refractivity contribution in [1.82, 2.24) is 20.2 Å². The number of carbonyl (C=O) groups is 1. The van der Waals surface area contributed by atoms with Gasteiger partial charge in [-0.25, -0.2) is 4.68 Å². The molecule has 4 atom stereocenters. The van der Waals surface area contributed by atoms with Gasteiger partial charge in [0.25, 0.3) is 0 Å². The van der Waals surface area contributed by atoms with E-state index in [9.17, 15) is 4.79 Å². The highest BCUT2D eigenvalue weighted by atomic mass is 32.2. The molecule has 1 saturated carbocycles. The smallest absolute Gasteiger partial charge is 0.233 e. The molecular weight excluding hydrogens is 358 g/mol. The number of amides is 1. The molecule has 1 aromatic heterocycles. The minimum Gasteiger partial charge on any atom is -0.352 e. The number of carbonyl (C=O) groups excluding carboxylic acids is 1. The SMILES string of the molecule is Cc1ccc(-c2nnc(SC(C)C(=O)NC3CCCC(C)C3C)n2N)cc1. The number of rotatable bonds is 5. The Morgan fingerprint density at radius 3 is 2.67 bits per heavy atom. The van der Waals surface area contributed by atoms with Crippen molar-refractivity contribution in [2.75, 3.05) is 5.84 Å². The molecule has 1 heterocycles. The first-order valence-electron chi connectivity index (χ1n) is 9.61. The number of nitrogens with zero attached hydrogens (tertiary/aromatic N) is 3. The van der Waals surface area contributed by atoms with Gasteiger partial charge >= 0.3 is 0 Å². The van der Waals surface area contributed by atoms with Gasteiger partial charge in [0, 0.05) is 11.6 Å². The summed E-state index contributed by atoms with van der Waals surface area (Å²) in [6.45, 7) is 8.42. The fourth-order valence-corrected chi connectivity index (χ4v) is 4.33. The van der Waals surface area contributed by atoms with E-state index < -0.39 is 0 Å². The molecule has 0 aliphatic heterocycles. The Labute approximate surface area is 165 Å². The summed E-state index contributed by atoms with van der Waals surface area (Å²) in [5.74, 6) is 7.97. The Balaban J connectivity index is 1.64. The third kappa shape index (κ3) is 4.46. The van der Waals surface area contributed by atoms with Crippen LogP contribution < -0.4 is 11.2 Å². The first-order chi connectivity index (χ1) is 12.9. The molecule has 3 N–H and O–H groups in total. The van der Waals surface area contributed by atoms with E-state index in [-0.39, 0.29) is 17.2 Å². The number of nitrogens with one attached hydrogen (secondary N) is 1. The van der Waals surface area contributed by atoms with E-state index >= 15 is 0 Å². The third-order valence-corrected chi connectivity index (χ3v) is 6.72. The van der Waals surface area contributed by atoms with Crippen LogP contribution in [0, 0.1) is 18.8 Å². The van der Waals surface area contributed by atoms with Gasteiger partial charge in [-0.05, 0) is 32.1 Å². The average molecular weight is 388 g/mol. The number of nitrogen functional groups attached to an aromatic ring is 1. The van der Waals surface area contributed by atoms with Crippen LogP contribution in [0.2, 0.25) is 0 Å². The number of nitrogens with two attached hydrogens (primary N) is 1. The summed E-state index contributed by atoms with van der Waals surface area (Å²) in [5.41, 5.74) is 2.08. The summed E-state index contributed by atoms with van der Waals surface area (Å²) >= 11 is 1.34. The predicted molar refractivity (Wildman–Crippen MR) is 110 cm³/mol. The number of benzene rings is 1. The van der Waals surface area contributed by atoms with E-state index in [1.165, 1.54) is 34.8 Å². The van der Waals surface area contributed by atoms with Gasteiger partial charge in [0.2, 0.25) is 11.1 Å². The number of hydrogen-bond donors (Lipinski definition) is 2. The molecule has 4 unspecified atom stereocenters. The fraction of sp³-hybridized carbons (Fsp3) is 0.550. The first-order valence-corrected chi connectivity index (χ1v) is 10.5. The van der Waals surface area contributed by atoms with Gasteiger partial charge in [-0.1, -0.05) is 68.3 Å². The van der Waals surface area contributed by atoms with Gasteiger partial charge in [-0.2, -0.15) is 0 Å². The van der Waals surface area contributed by atoms with Crippen molar-refractivity contribution in [3.63, 3.8) is 0 Å². The number of hydrogen-bond acceptors (Lipinski definition) is 5. The molecule has 1 fully saturated rings. The maximum absolute atomic E-state index is 12.7. The molecule has 1 aliphatic carbocycles. The van der Waals surface area contributed by atoms with Gasteiger partial charge in [0.15, 0.2) is 5.82 Å². The molecule has 146 valence electrons. The molecular formula is C20H29N5OS. The van der Waals surface area contributed by atoms with E-state index in [4.69, 9.17) is 5.84 Å². The van der Waals surface area contributed by atoms with Crippen LogP contribution in [0.25, 0.3) is 11.4 Å². The minimum absolute atomic E-state index is 0.0332. The quantitative estimate of drug-likeness (QED) is 0.607. The van der Waals surface area contributed by atoms with Crippen molar-refractivity contribution >= 4 is 17.7 Å². The van der Waals surface area contributed by atoms with E-state index in [1.54, 1.807) is 0 Å². The van der Waals surface area contributed by atoms with Gasteiger partial charge < -0.3 is 11.2 Å². The predicted octanol–water partition coefficient (Wildman–Crippen LogP) is 3.39. The van der Waals surface area contributed by atoms with E-state index in [2.05, 4.69) is 29.4 Å². The lowest BCUT2D eigenvalue weighted by Gasteiger charge is -2.35. The molecule has 0 bridgehead atoms. The largest absolute Gasteiger partial charge is 0.352 e. The minimum atomic E-state index is -0.285. The zero-order chi connectivity index (χ0) is 19.6. The van der Waals surface area contributed by atoms with Crippen LogP contribution in [0.15, 0.2) is 29.4 Å². The van der Waals surface area contributed by atoms with Gasteiger partial charge in [-0.3, -0.25) is 4.79 Å². The Morgan fingerprint density at radius 2 is 1.96 bits per heavy atom. The van der Waals surface area contributed by atoms with Crippen molar-refractivity contribution in [2.45, 2.75) is 63.4 Å². The molecule has 0 spiro atoms. The fourth-order valence-electron chi connectivity index (χ4n) is 3.55. The highest BCUT2D eigenvalue weighted by Gasteiger charge is 2.30. The molecule has 2 aromatic rings. The second-order valence-corrected chi connectivity index (χ2v) is 8.99. The van der Waals surface area contributed by atoms with Gasteiger partial charge in [0.1, 0.15) is 0 Å². The maximum atomic E-state index is 12.7. The lowest BCUT2D eigenvalue weighted by atomic mass is 9.78. The highest BCUT2D eigenvalue weighted by Crippen LogP contribution is 2.30. The number of thioether (sulfide) groups is 1.